The molecule has 0 amide bonds. The third-order valence-electron chi connectivity index (χ3n) is 4.77. The fourth-order valence-electron chi connectivity index (χ4n) is 3.58. The van der Waals surface area contributed by atoms with Crippen LogP contribution in [0, 0.1) is 0 Å². The fourth-order valence-corrected chi connectivity index (χ4v) is 4.17. The quantitative estimate of drug-likeness (QED) is 0.769. The number of halogens is 4. The Bertz CT molecular complexity index is 786. The molecule has 5 nitrogen and oxygen atoms in total. The van der Waals surface area contributed by atoms with E-state index in [4.69, 9.17) is 5.73 Å². The lowest BCUT2D eigenvalue weighted by atomic mass is 9.82. The molecule has 1 saturated heterocycles. The van der Waals surface area contributed by atoms with E-state index in [1.807, 2.05) is 10.7 Å². The molecule has 0 aliphatic carbocycles. The number of pyridine rings is 1. The average Bonchev–Trinajstić information content (AvgIpc) is 3.19. The molecule has 0 aromatic carbocycles. The van der Waals surface area contributed by atoms with Crippen LogP contribution >= 0.6 is 24.2 Å². The Labute approximate surface area is 153 Å². The molecule has 4 rings (SSSR count). The maximum absolute atomic E-state index is 12.6. The number of nitrogen functional groups attached to an aromatic ring is 1. The molecule has 0 bridgehead atoms. The molecular formula is C15H17ClF3N5S. The predicted octanol–water partition coefficient (Wildman–Crippen LogP) is 3.20. The second-order valence-corrected chi connectivity index (χ2v) is 7.36. The molecule has 25 heavy (non-hydrogen) atoms. The topological polar surface area (TPSA) is 68.8 Å². The summed E-state index contributed by atoms with van der Waals surface area (Å²) in [5.41, 5.74) is 3.64. The number of nitrogens with one attached hydrogen (secondary N) is 1. The Morgan fingerprint density at radius 2 is 2.08 bits per heavy atom. The van der Waals surface area contributed by atoms with Crippen LogP contribution < -0.4 is 11.1 Å². The molecule has 2 aromatic rings. The molecule has 2 aliphatic rings. The number of nitrogens with two attached hydrogens (primary N) is 1. The fraction of sp³-hybridized carbons (Fsp3) is 0.467. The van der Waals surface area contributed by atoms with Gasteiger partial charge in [-0.05, 0) is 43.3 Å². The highest BCUT2D eigenvalue weighted by Gasteiger charge is 2.42. The second kappa shape index (κ2) is 6.37. The number of aromatic nitrogens is 3. The third kappa shape index (κ3) is 3.32. The number of aryl methyl sites for hydroxylation is 1. The van der Waals surface area contributed by atoms with E-state index in [0.29, 0.717) is 11.3 Å². The van der Waals surface area contributed by atoms with Crippen molar-refractivity contribution in [2.24, 2.45) is 0 Å². The van der Waals surface area contributed by atoms with Crippen LogP contribution in [0.3, 0.4) is 0 Å². The van der Waals surface area contributed by atoms with Gasteiger partial charge in [0, 0.05) is 36.0 Å². The zero-order valence-corrected chi connectivity index (χ0v) is 14.8. The van der Waals surface area contributed by atoms with Crippen LogP contribution in [0.2, 0.25) is 0 Å². The molecule has 3 N–H and O–H groups in total. The lowest BCUT2D eigenvalue weighted by molar-refractivity contribution is -0.0328. The largest absolute Gasteiger partial charge is 0.446 e. The van der Waals surface area contributed by atoms with Gasteiger partial charge in [0.25, 0.3) is 0 Å². The predicted molar refractivity (Wildman–Crippen MR) is 92.8 cm³/mol. The third-order valence-corrected chi connectivity index (χ3v) is 5.55. The van der Waals surface area contributed by atoms with E-state index >= 15 is 0 Å². The summed E-state index contributed by atoms with van der Waals surface area (Å²) < 4.78 is 39.9. The Kier molecular flexibility index (Phi) is 4.67. The number of fused-ring (bicyclic) bond motifs is 2. The molecule has 1 fully saturated rings. The van der Waals surface area contributed by atoms with Gasteiger partial charge in [-0.2, -0.15) is 18.3 Å². The summed E-state index contributed by atoms with van der Waals surface area (Å²) in [7, 11) is 0. The number of hydrogen-bond acceptors (Lipinski definition) is 5. The summed E-state index contributed by atoms with van der Waals surface area (Å²) in [4.78, 5) is 3.81. The smallest absolute Gasteiger partial charge is 0.383 e. The first kappa shape index (κ1) is 18.3. The van der Waals surface area contributed by atoms with Crippen molar-refractivity contribution >= 4 is 30.0 Å². The Balaban J connectivity index is 0.00000182. The van der Waals surface area contributed by atoms with E-state index in [-0.39, 0.29) is 40.3 Å². The average molecular weight is 392 g/mol. The minimum Gasteiger partial charge on any atom is -0.383 e. The molecule has 0 saturated carbocycles. The molecular weight excluding hydrogens is 375 g/mol. The minimum atomic E-state index is -4.40. The standard InChI is InChI=1S/C15H16F3N5S.ClH/c16-15(17,18)24-11-5-9(7-21-13(11)19)10-6-12-14(1-3-20-8-14)2-4-23(12)22-10;/h5-7,20H,1-4,8H2,(H2,19,21);1H. The summed E-state index contributed by atoms with van der Waals surface area (Å²) >= 11 is -0.246. The van der Waals surface area contributed by atoms with E-state index in [9.17, 15) is 13.2 Å². The summed E-state index contributed by atoms with van der Waals surface area (Å²) in [5.74, 6) is -0.121. The van der Waals surface area contributed by atoms with Gasteiger partial charge in [0.1, 0.15) is 5.82 Å². The summed E-state index contributed by atoms with van der Waals surface area (Å²) in [6, 6.07) is 3.40. The van der Waals surface area contributed by atoms with Crippen molar-refractivity contribution in [3.63, 3.8) is 0 Å². The number of thioether (sulfide) groups is 1. The van der Waals surface area contributed by atoms with Crippen molar-refractivity contribution in [2.75, 3.05) is 18.8 Å². The van der Waals surface area contributed by atoms with Crippen molar-refractivity contribution < 1.29 is 13.2 Å². The lowest BCUT2D eigenvalue weighted by Gasteiger charge is -2.20. The molecule has 2 aliphatic heterocycles. The van der Waals surface area contributed by atoms with Crippen LogP contribution in [0.15, 0.2) is 23.2 Å². The van der Waals surface area contributed by atoms with E-state index in [2.05, 4.69) is 15.4 Å². The van der Waals surface area contributed by atoms with Gasteiger partial charge in [0.15, 0.2) is 0 Å². The minimum absolute atomic E-state index is 0. The van der Waals surface area contributed by atoms with Crippen molar-refractivity contribution in [3.05, 3.63) is 24.0 Å². The highest BCUT2D eigenvalue weighted by molar-refractivity contribution is 8.00. The van der Waals surface area contributed by atoms with Gasteiger partial charge < -0.3 is 11.1 Å². The summed E-state index contributed by atoms with van der Waals surface area (Å²) in [6.45, 7) is 2.74. The van der Waals surface area contributed by atoms with Crippen molar-refractivity contribution in [1.29, 1.82) is 0 Å². The molecule has 1 unspecified atom stereocenters. The molecule has 10 heteroatoms. The SMILES string of the molecule is Cl.Nc1ncc(-c2cc3n(n2)CCC32CCNC2)cc1SC(F)(F)F. The summed E-state index contributed by atoms with van der Waals surface area (Å²) in [5, 5.41) is 7.95. The van der Waals surface area contributed by atoms with Gasteiger partial charge in [0.2, 0.25) is 0 Å². The van der Waals surface area contributed by atoms with Gasteiger partial charge in [-0.15, -0.1) is 12.4 Å². The van der Waals surface area contributed by atoms with Crippen LogP contribution in [0.5, 0.6) is 0 Å². The molecule has 1 atom stereocenters. The molecule has 1 spiro atoms. The number of anilines is 1. The van der Waals surface area contributed by atoms with Crippen molar-refractivity contribution in [2.45, 2.75) is 35.2 Å². The monoisotopic (exact) mass is 391 g/mol. The summed E-state index contributed by atoms with van der Waals surface area (Å²) in [6.07, 6.45) is 3.60. The van der Waals surface area contributed by atoms with Gasteiger partial charge >= 0.3 is 5.51 Å². The van der Waals surface area contributed by atoms with Crippen molar-refractivity contribution in [1.82, 2.24) is 20.1 Å². The zero-order chi connectivity index (χ0) is 16.9. The van der Waals surface area contributed by atoms with Crippen molar-refractivity contribution in [3.8, 4) is 11.3 Å². The lowest BCUT2D eigenvalue weighted by Crippen LogP contribution is -2.25. The number of hydrogen-bond donors (Lipinski definition) is 2. The number of rotatable bonds is 2. The first-order valence-electron chi connectivity index (χ1n) is 7.67. The van der Waals surface area contributed by atoms with E-state index in [0.717, 1.165) is 38.2 Å². The van der Waals surface area contributed by atoms with Crippen LogP contribution in [-0.4, -0.2) is 33.4 Å². The molecule has 0 radical (unpaired) electrons. The highest BCUT2D eigenvalue weighted by Crippen LogP contribution is 2.43. The van der Waals surface area contributed by atoms with Crippen LogP contribution in [0.25, 0.3) is 11.3 Å². The number of nitrogens with zero attached hydrogens (tertiary/aromatic N) is 3. The first-order valence-corrected chi connectivity index (χ1v) is 8.49. The Morgan fingerprint density at radius 1 is 1.28 bits per heavy atom. The second-order valence-electron chi connectivity index (χ2n) is 6.25. The van der Waals surface area contributed by atoms with Crippen LogP contribution in [0.4, 0.5) is 19.0 Å². The van der Waals surface area contributed by atoms with Crippen LogP contribution in [0.1, 0.15) is 18.5 Å². The zero-order valence-electron chi connectivity index (χ0n) is 13.1. The van der Waals surface area contributed by atoms with Gasteiger partial charge in [-0.25, -0.2) is 4.98 Å². The maximum Gasteiger partial charge on any atom is 0.446 e. The first-order chi connectivity index (χ1) is 11.4. The Hall–Kier alpha value is -1.45. The van der Waals surface area contributed by atoms with Gasteiger partial charge in [-0.1, -0.05) is 0 Å². The Morgan fingerprint density at radius 3 is 2.76 bits per heavy atom. The molecule has 136 valence electrons. The van der Waals surface area contributed by atoms with Gasteiger partial charge in [-0.3, -0.25) is 4.68 Å². The highest BCUT2D eigenvalue weighted by atomic mass is 35.5. The molecule has 2 aromatic heterocycles. The van der Waals surface area contributed by atoms with Crippen LogP contribution in [-0.2, 0) is 12.0 Å². The van der Waals surface area contributed by atoms with E-state index in [1.165, 1.54) is 12.3 Å². The van der Waals surface area contributed by atoms with Gasteiger partial charge in [0.05, 0.1) is 10.6 Å². The normalized spacial score (nSPS) is 22.2. The van der Waals surface area contributed by atoms with E-state index in [1.54, 1.807) is 0 Å². The number of alkyl halides is 3. The maximum atomic E-state index is 12.6. The molecule has 4 heterocycles. The van der Waals surface area contributed by atoms with E-state index < -0.39 is 5.51 Å².